The Bertz CT molecular complexity index is 1230. The predicted octanol–water partition coefficient (Wildman–Crippen LogP) is 4.47. The molecule has 0 aliphatic rings. The van der Waals surface area contributed by atoms with Gasteiger partial charge in [-0.05, 0) is 38.1 Å². The third-order valence-electron chi connectivity index (χ3n) is 4.24. The second kappa shape index (κ2) is 7.75. The topological polar surface area (TPSA) is 69.4 Å². The van der Waals surface area contributed by atoms with Gasteiger partial charge in [-0.3, -0.25) is 4.79 Å². The fraction of sp³-hybridized carbons (Fsp3) is 0.200. The quantitative estimate of drug-likeness (QED) is 0.263. The highest BCUT2D eigenvalue weighted by atomic mass is 32.2. The Kier molecular flexibility index (Phi) is 5.14. The van der Waals surface area contributed by atoms with Crippen molar-refractivity contribution in [2.75, 3.05) is 5.75 Å². The first-order valence-corrected chi connectivity index (χ1v) is 9.74. The van der Waals surface area contributed by atoms with E-state index in [0.29, 0.717) is 16.6 Å². The molecule has 0 saturated heterocycles. The Morgan fingerprint density at radius 1 is 1.17 bits per heavy atom. The van der Waals surface area contributed by atoms with E-state index >= 15 is 0 Å². The highest BCUT2D eigenvalue weighted by Gasteiger charge is 2.18. The van der Waals surface area contributed by atoms with Crippen LogP contribution in [0.4, 0.5) is 8.78 Å². The lowest BCUT2D eigenvalue weighted by atomic mass is 10.1. The third kappa shape index (κ3) is 3.91. The number of Topliss-reactive ketones (excluding diaryl/α,β-unsaturated/α-hetero) is 1. The number of aromatic nitrogens is 4. The molecule has 6 nitrogen and oxygen atoms in total. The Hall–Kier alpha value is -3.07. The molecular weight excluding hydrogens is 398 g/mol. The van der Waals surface area contributed by atoms with Gasteiger partial charge < -0.3 is 4.74 Å². The maximum Gasteiger partial charge on any atom is 0.387 e. The summed E-state index contributed by atoms with van der Waals surface area (Å²) in [7, 11) is 0. The van der Waals surface area contributed by atoms with Crippen LogP contribution in [-0.2, 0) is 0 Å². The SMILES string of the molecule is Cc1ccc(OC(F)F)c(C(=O)CSc2nc3ccccc3c3nc(C)nn23)c1. The van der Waals surface area contributed by atoms with Gasteiger partial charge in [-0.15, -0.1) is 5.10 Å². The zero-order chi connectivity index (χ0) is 20.5. The van der Waals surface area contributed by atoms with Gasteiger partial charge in [0.05, 0.1) is 16.8 Å². The van der Waals surface area contributed by atoms with E-state index in [-0.39, 0.29) is 22.8 Å². The van der Waals surface area contributed by atoms with E-state index < -0.39 is 6.61 Å². The first-order valence-electron chi connectivity index (χ1n) is 8.76. The van der Waals surface area contributed by atoms with Crippen LogP contribution >= 0.6 is 11.8 Å². The van der Waals surface area contributed by atoms with E-state index in [1.165, 1.54) is 17.8 Å². The molecule has 0 spiro atoms. The molecule has 0 fully saturated rings. The van der Waals surface area contributed by atoms with Gasteiger partial charge in [-0.1, -0.05) is 35.5 Å². The lowest BCUT2D eigenvalue weighted by Gasteiger charge is -2.11. The van der Waals surface area contributed by atoms with Crippen molar-refractivity contribution < 1.29 is 18.3 Å². The summed E-state index contributed by atoms with van der Waals surface area (Å²) in [6.45, 7) is 0.557. The number of para-hydroxylation sites is 1. The van der Waals surface area contributed by atoms with Crippen LogP contribution in [0.5, 0.6) is 5.75 Å². The molecule has 9 heteroatoms. The first-order chi connectivity index (χ1) is 13.9. The van der Waals surface area contributed by atoms with Crippen LogP contribution in [0.2, 0.25) is 0 Å². The number of rotatable bonds is 6. The summed E-state index contributed by atoms with van der Waals surface area (Å²) in [6, 6.07) is 12.1. The molecule has 29 heavy (non-hydrogen) atoms. The fourth-order valence-corrected chi connectivity index (χ4v) is 3.82. The molecule has 2 aromatic heterocycles. The van der Waals surface area contributed by atoms with Gasteiger partial charge in [-0.25, -0.2) is 9.97 Å². The van der Waals surface area contributed by atoms with E-state index in [2.05, 4.69) is 19.8 Å². The summed E-state index contributed by atoms with van der Waals surface area (Å²) in [6.07, 6.45) is 0. The molecule has 2 heterocycles. The number of carbonyl (C=O) groups is 1. The largest absolute Gasteiger partial charge is 0.434 e. The monoisotopic (exact) mass is 414 g/mol. The van der Waals surface area contributed by atoms with Crippen LogP contribution in [0.25, 0.3) is 16.6 Å². The van der Waals surface area contributed by atoms with Crippen LogP contribution in [0.1, 0.15) is 21.7 Å². The van der Waals surface area contributed by atoms with Crippen molar-refractivity contribution in [2.45, 2.75) is 25.6 Å². The Labute approximate surface area is 168 Å². The van der Waals surface area contributed by atoms with Crippen LogP contribution in [0.3, 0.4) is 0 Å². The number of hydrogen-bond donors (Lipinski definition) is 0. The van der Waals surface area contributed by atoms with Crippen molar-refractivity contribution in [3.63, 3.8) is 0 Å². The number of aryl methyl sites for hydroxylation is 2. The average molecular weight is 414 g/mol. The van der Waals surface area contributed by atoms with Gasteiger partial charge >= 0.3 is 6.61 Å². The minimum absolute atomic E-state index is 0.0115. The van der Waals surface area contributed by atoms with E-state index in [4.69, 9.17) is 0 Å². The van der Waals surface area contributed by atoms with Crippen LogP contribution in [0.15, 0.2) is 47.6 Å². The van der Waals surface area contributed by atoms with Crippen molar-refractivity contribution in [3.05, 3.63) is 59.4 Å². The molecule has 0 aliphatic carbocycles. The fourth-order valence-electron chi connectivity index (χ4n) is 3.00. The summed E-state index contributed by atoms with van der Waals surface area (Å²) in [5.41, 5.74) is 2.28. The number of ether oxygens (including phenoxy) is 1. The molecule has 148 valence electrons. The minimum atomic E-state index is -3.00. The summed E-state index contributed by atoms with van der Waals surface area (Å²) < 4.78 is 31.4. The van der Waals surface area contributed by atoms with Crippen molar-refractivity contribution in [2.24, 2.45) is 0 Å². The van der Waals surface area contributed by atoms with Crippen molar-refractivity contribution >= 4 is 34.1 Å². The zero-order valence-corrected chi connectivity index (χ0v) is 16.4. The molecule has 0 radical (unpaired) electrons. The molecule has 0 amide bonds. The summed E-state index contributed by atoms with van der Waals surface area (Å²) in [4.78, 5) is 21.8. The molecule has 0 bridgehead atoms. The highest BCUT2D eigenvalue weighted by molar-refractivity contribution is 7.99. The van der Waals surface area contributed by atoms with Crippen molar-refractivity contribution in [1.29, 1.82) is 0 Å². The Morgan fingerprint density at radius 2 is 1.97 bits per heavy atom. The summed E-state index contributed by atoms with van der Waals surface area (Å²) in [5, 5.41) is 5.73. The molecular formula is C20H16F2N4O2S. The number of hydrogen-bond acceptors (Lipinski definition) is 6. The summed E-state index contributed by atoms with van der Waals surface area (Å²) >= 11 is 1.17. The molecule has 0 unspecified atom stereocenters. The second-order valence-electron chi connectivity index (χ2n) is 6.40. The smallest absolute Gasteiger partial charge is 0.387 e. The molecule has 0 N–H and O–H groups in total. The zero-order valence-electron chi connectivity index (χ0n) is 15.6. The number of halogens is 2. The third-order valence-corrected chi connectivity index (χ3v) is 5.17. The maximum atomic E-state index is 12.8. The van der Waals surface area contributed by atoms with Gasteiger partial charge in [0.15, 0.2) is 16.6 Å². The van der Waals surface area contributed by atoms with Gasteiger partial charge in [0, 0.05) is 5.39 Å². The minimum Gasteiger partial charge on any atom is -0.434 e. The van der Waals surface area contributed by atoms with E-state index in [9.17, 15) is 13.6 Å². The Balaban J connectivity index is 1.66. The predicted molar refractivity (Wildman–Crippen MR) is 106 cm³/mol. The van der Waals surface area contributed by atoms with E-state index in [1.807, 2.05) is 24.3 Å². The summed E-state index contributed by atoms with van der Waals surface area (Å²) in [5.74, 6) is 0.101. The number of ketones is 1. The molecule has 2 aromatic carbocycles. The standard InChI is InChI=1S/C20H16F2N4O2S/c1-11-7-8-17(28-19(21)22)14(9-11)16(27)10-29-20-24-15-6-4-3-5-13(15)18-23-12(2)25-26(18)20/h3-9,19H,10H2,1-2H3. The van der Waals surface area contributed by atoms with Gasteiger partial charge in [0.25, 0.3) is 0 Å². The number of thioether (sulfide) groups is 1. The first kappa shape index (κ1) is 19.3. The molecule has 4 rings (SSSR count). The average Bonchev–Trinajstić information content (AvgIpc) is 3.08. The van der Waals surface area contributed by atoms with E-state index in [1.54, 1.807) is 30.5 Å². The number of alkyl halides is 2. The molecule has 4 aromatic rings. The maximum absolute atomic E-state index is 12.8. The van der Waals surface area contributed by atoms with Crippen LogP contribution in [0, 0.1) is 13.8 Å². The van der Waals surface area contributed by atoms with Gasteiger partial charge in [-0.2, -0.15) is 13.3 Å². The lowest BCUT2D eigenvalue weighted by Crippen LogP contribution is -2.10. The van der Waals surface area contributed by atoms with E-state index in [0.717, 1.165) is 16.5 Å². The number of nitrogens with zero attached hydrogens (tertiary/aromatic N) is 4. The molecule has 0 aliphatic heterocycles. The lowest BCUT2D eigenvalue weighted by molar-refractivity contribution is -0.0501. The molecule has 0 saturated carbocycles. The van der Waals surface area contributed by atoms with Gasteiger partial charge in [0.1, 0.15) is 11.6 Å². The second-order valence-corrected chi connectivity index (χ2v) is 7.34. The van der Waals surface area contributed by atoms with Gasteiger partial charge in [0.2, 0.25) is 0 Å². The van der Waals surface area contributed by atoms with Crippen molar-refractivity contribution in [3.8, 4) is 5.75 Å². The Morgan fingerprint density at radius 3 is 2.76 bits per heavy atom. The number of fused-ring (bicyclic) bond motifs is 3. The highest BCUT2D eigenvalue weighted by Crippen LogP contribution is 2.27. The van der Waals surface area contributed by atoms with Crippen LogP contribution in [-0.4, -0.2) is 37.7 Å². The van der Waals surface area contributed by atoms with Crippen molar-refractivity contribution in [1.82, 2.24) is 19.6 Å². The molecule has 0 atom stereocenters. The normalized spacial score (nSPS) is 11.5. The number of carbonyl (C=O) groups excluding carboxylic acids is 1. The van der Waals surface area contributed by atoms with Crippen LogP contribution < -0.4 is 4.74 Å². The number of benzene rings is 2.